The zero-order valence-electron chi connectivity index (χ0n) is 16.4. The molecule has 0 saturated carbocycles. The van der Waals surface area contributed by atoms with Crippen molar-refractivity contribution in [2.75, 3.05) is 0 Å². The molecule has 4 rings (SSSR count). The van der Waals surface area contributed by atoms with E-state index in [1.165, 1.54) is 22.9 Å². The molecule has 9 nitrogen and oxygen atoms in total. The van der Waals surface area contributed by atoms with Crippen LogP contribution in [0.15, 0.2) is 62.9 Å². The number of nitrogens with zero attached hydrogens (tertiary/aromatic N) is 5. The number of nitrogens with one attached hydrogen (secondary N) is 1. The standard InChI is InChI=1S/C21H11Cl3N6O3/c22-11-2-1-3-13(6-11)29-19(31)5-4-12(27-29)7-15-16(23)8-14(9-17(15)24)30-21(33)26-20(32)18(10-25)28-30/h1-6,8-9H,7H2,(H,26,32,33). The van der Waals surface area contributed by atoms with Crippen LogP contribution in [0.1, 0.15) is 17.0 Å². The Kier molecular flexibility index (Phi) is 6.16. The highest BCUT2D eigenvalue weighted by atomic mass is 35.5. The second kappa shape index (κ2) is 9.03. The number of hydrogen-bond donors (Lipinski definition) is 1. The summed E-state index contributed by atoms with van der Waals surface area (Å²) in [6.45, 7) is 0. The van der Waals surface area contributed by atoms with Crippen molar-refractivity contribution in [1.82, 2.24) is 24.5 Å². The highest BCUT2D eigenvalue weighted by Crippen LogP contribution is 2.29. The molecule has 0 atom stereocenters. The SMILES string of the molecule is N#Cc1nn(-c2cc(Cl)c(Cc3ccc(=O)n(-c4cccc(Cl)c4)n3)c(Cl)c2)c(=O)[nH]c1=O. The van der Waals surface area contributed by atoms with Crippen LogP contribution in [-0.4, -0.2) is 24.5 Å². The predicted molar refractivity (Wildman–Crippen MR) is 123 cm³/mol. The van der Waals surface area contributed by atoms with Crippen LogP contribution in [0, 0.1) is 11.3 Å². The van der Waals surface area contributed by atoms with Gasteiger partial charge in [0.1, 0.15) is 6.07 Å². The summed E-state index contributed by atoms with van der Waals surface area (Å²) < 4.78 is 2.03. The zero-order valence-corrected chi connectivity index (χ0v) is 18.7. The second-order valence-electron chi connectivity index (χ2n) is 6.75. The Bertz CT molecular complexity index is 1590. The number of aromatic amines is 1. The van der Waals surface area contributed by atoms with Crippen LogP contribution in [0.25, 0.3) is 11.4 Å². The van der Waals surface area contributed by atoms with Crippen LogP contribution >= 0.6 is 34.8 Å². The molecule has 0 aliphatic carbocycles. The number of H-pyrrole nitrogens is 1. The normalized spacial score (nSPS) is 10.7. The Balaban J connectivity index is 1.74. The van der Waals surface area contributed by atoms with Gasteiger partial charge >= 0.3 is 5.69 Å². The van der Waals surface area contributed by atoms with E-state index in [1.54, 1.807) is 36.4 Å². The van der Waals surface area contributed by atoms with E-state index in [1.807, 2.05) is 4.98 Å². The maximum Gasteiger partial charge on any atom is 0.349 e. The minimum Gasteiger partial charge on any atom is -0.270 e. The largest absolute Gasteiger partial charge is 0.349 e. The van der Waals surface area contributed by atoms with Gasteiger partial charge in [0.15, 0.2) is 0 Å². The lowest BCUT2D eigenvalue weighted by atomic mass is 10.1. The molecule has 12 heteroatoms. The van der Waals surface area contributed by atoms with Gasteiger partial charge in [0.25, 0.3) is 11.1 Å². The summed E-state index contributed by atoms with van der Waals surface area (Å²) in [5, 5.41) is 18.0. The minimum atomic E-state index is -0.895. The number of aromatic nitrogens is 5. The molecule has 0 aliphatic rings. The van der Waals surface area contributed by atoms with Gasteiger partial charge in [-0.05, 0) is 42.0 Å². The first-order valence-electron chi connectivity index (χ1n) is 9.24. The van der Waals surface area contributed by atoms with Crippen molar-refractivity contribution in [2.24, 2.45) is 0 Å². The van der Waals surface area contributed by atoms with Crippen LogP contribution in [0.2, 0.25) is 15.1 Å². The van der Waals surface area contributed by atoms with Crippen LogP contribution < -0.4 is 16.8 Å². The topological polar surface area (TPSA) is 126 Å². The molecule has 0 amide bonds. The molecule has 0 bridgehead atoms. The summed E-state index contributed by atoms with van der Waals surface area (Å²) in [4.78, 5) is 38.0. The van der Waals surface area contributed by atoms with E-state index < -0.39 is 16.9 Å². The molecule has 2 aromatic heterocycles. The minimum absolute atomic E-state index is 0.156. The fraction of sp³-hybridized carbons (Fsp3) is 0.0476. The smallest absolute Gasteiger partial charge is 0.270 e. The van der Waals surface area contributed by atoms with E-state index in [9.17, 15) is 14.4 Å². The molecule has 2 aromatic carbocycles. The van der Waals surface area contributed by atoms with Gasteiger partial charge in [0, 0.05) is 27.6 Å². The summed E-state index contributed by atoms with van der Waals surface area (Å²) in [5.74, 6) is 0. The van der Waals surface area contributed by atoms with E-state index in [2.05, 4.69) is 10.2 Å². The van der Waals surface area contributed by atoms with Gasteiger partial charge in [-0.25, -0.2) is 4.79 Å². The van der Waals surface area contributed by atoms with E-state index in [0.29, 0.717) is 22.0 Å². The highest BCUT2D eigenvalue weighted by molar-refractivity contribution is 6.36. The maximum atomic E-state index is 12.3. The number of halogens is 3. The molecule has 4 aromatic rings. The molecule has 0 radical (unpaired) electrons. The fourth-order valence-corrected chi connectivity index (χ4v) is 3.84. The Labute approximate surface area is 200 Å². The van der Waals surface area contributed by atoms with E-state index in [0.717, 1.165) is 4.68 Å². The average Bonchev–Trinajstić information content (AvgIpc) is 2.77. The van der Waals surface area contributed by atoms with Crippen molar-refractivity contribution in [3.05, 3.63) is 112 Å². The quantitative estimate of drug-likeness (QED) is 0.458. The third-order valence-corrected chi connectivity index (χ3v) is 5.48. The summed E-state index contributed by atoms with van der Waals surface area (Å²) in [7, 11) is 0. The number of rotatable bonds is 4. The Morgan fingerprint density at radius 3 is 2.30 bits per heavy atom. The van der Waals surface area contributed by atoms with E-state index >= 15 is 0 Å². The van der Waals surface area contributed by atoms with Crippen molar-refractivity contribution < 1.29 is 0 Å². The van der Waals surface area contributed by atoms with Gasteiger partial charge in [-0.3, -0.25) is 14.6 Å². The molecule has 2 heterocycles. The van der Waals surface area contributed by atoms with E-state index in [-0.39, 0.29) is 27.7 Å². The van der Waals surface area contributed by atoms with Gasteiger partial charge in [0.2, 0.25) is 5.69 Å². The summed E-state index contributed by atoms with van der Waals surface area (Å²) in [6, 6.07) is 14.1. The number of nitriles is 1. The van der Waals surface area contributed by atoms with Crippen LogP contribution in [0.5, 0.6) is 0 Å². The monoisotopic (exact) mass is 500 g/mol. The lowest BCUT2D eigenvalue weighted by molar-refractivity contribution is 0.740. The summed E-state index contributed by atoms with van der Waals surface area (Å²) in [5.41, 5.74) is -0.936. The van der Waals surface area contributed by atoms with Crippen molar-refractivity contribution in [3.8, 4) is 17.4 Å². The average molecular weight is 502 g/mol. The van der Waals surface area contributed by atoms with Crippen LogP contribution in [-0.2, 0) is 6.42 Å². The number of benzene rings is 2. The Morgan fingerprint density at radius 2 is 1.64 bits per heavy atom. The van der Waals surface area contributed by atoms with Gasteiger partial charge < -0.3 is 0 Å². The molecule has 1 N–H and O–H groups in total. The molecule has 0 unspecified atom stereocenters. The Morgan fingerprint density at radius 1 is 0.909 bits per heavy atom. The molecule has 0 spiro atoms. The Hall–Kier alpha value is -3.71. The second-order valence-corrected chi connectivity index (χ2v) is 8.00. The molecule has 33 heavy (non-hydrogen) atoms. The van der Waals surface area contributed by atoms with Crippen LogP contribution in [0.4, 0.5) is 0 Å². The van der Waals surface area contributed by atoms with Gasteiger partial charge in [-0.15, -0.1) is 5.10 Å². The molecular weight excluding hydrogens is 491 g/mol. The van der Waals surface area contributed by atoms with Crippen molar-refractivity contribution in [1.29, 1.82) is 5.26 Å². The van der Waals surface area contributed by atoms with Crippen molar-refractivity contribution in [2.45, 2.75) is 6.42 Å². The first kappa shape index (κ1) is 22.5. The molecule has 0 saturated heterocycles. The lowest BCUT2D eigenvalue weighted by Gasteiger charge is -2.12. The van der Waals surface area contributed by atoms with Gasteiger partial charge in [-0.2, -0.15) is 19.7 Å². The third-order valence-electron chi connectivity index (χ3n) is 4.57. The summed E-state index contributed by atoms with van der Waals surface area (Å²) in [6.07, 6.45) is 0.177. The lowest BCUT2D eigenvalue weighted by Crippen LogP contribution is -2.33. The van der Waals surface area contributed by atoms with Gasteiger partial charge in [0.05, 0.1) is 17.1 Å². The fourth-order valence-electron chi connectivity index (χ4n) is 3.05. The van der Waals surface area contributed by atoms with Crippen molar-refractivity contribution >= 4 is 34.8 Å². The van der Waals surface area contributed by atoms with E-state index in [4.69, 9.17) is 40.1 Å². The first-order chi connectivity index (χ1) is 15.8. The molecule has 0 aliphatic heterocycles. The molecule has 164 valence electrons. The number of hydrogen-bond acceptors (Lipinski definition) is 6. The zero-order chi connectivity index (χ0) is 23.7. The van der Waals surface area contributed by atoms with Crippen molar-refractivity contribution in [3.63, 3.8) is 0 Å². The predicted octanol–water partition coefficient (Wildman–Crippen LogP) is 2.89. The first-order valence-corrected chi connectivity index (χ1v) is 10.4. The highest BCUT2D eigenvalue weighted by Gasteiger charge is 2.15. The molecule has 0 fully saturated rings. The van der Waals surface area contributed by atoms with Gasteiger partial charge in [-0.1, -0.05) is 40.9 Å². The molecular formula is C21H11Cl3N6O3. The summed E-state index contributed by atoms with van der Waals surface area (Å²) >= 11 is 18.9. The maximum absolute atomic E-state index is 12.3. The van der Waals surface area contributed by atoms with Crippen LogP contribution in [0.3, 0.4) is 0 Å². The third kappa shape index (κ3) is 4.59.